The van der Waals surface area contributed by atoms with E-state index in [-0.39, 0.29) is 22.7 Å². The second kappa shape index (κ2) is 9.41. The molecule has 1 N–H and O–H groups in total. The van der Waals surface area contributed by atoms with Gasteiger partial charge in [-0.2, -0.15) is 0 Å². The van der Waals surface area contributed by atoms with E-state index in [0.29, 0.717) is 37.6 Å². The number of carbonyl (C=O) groups excluding carboxylic acids is 1. The number of rotatable bonds is 7. The minimum atomic E-state index is -3.68. The molecule has 0 atom stereocenters. The first-order valence-electron chi connectivity index (χ1n) is 9.61. The number of hydrogen-bond donors (Lipinski definition) is 1. The zero-order valence-corrected chi connectivity index (χ0v) is 18.1. The lowest BCUT2D eigenvalue weighted by Gasteiger charge is -2.28. The Morgan fingerprint density at radius 1 is 1.19 bits per heavy atom. The minimum absolute atomic E-state index is 0.0406. The van der Waals surface area contributed by atoms with Crippen molar-refractivity contribution < 1.29 is 22.9 Å². The number of anilines is 1. The van der Waals surface area contributed by atoms with Crippen LogP contribution in [0.25, 0.3) is 0 Å². The highest BCUT2D eigenvalue weighted by Crippen LogP contribution is 2.30. The van der Waals surface area contributed by atoms with Crippen LogP contribution in [-0.4, -0.2) is 64.0 Å². The number of nitrogens with zero attached hydrogens (tertiary/aromatic N) is 3. The smallest absolute Gasteiger partial charge is 0.293 e. The van der Waals surface area contributed by atoms with Gasteiger partial charge < -0.3 is 15.0 Å². The van der Waals surface area contributed by atoms with Gasteiger partial charge in [0.15, 0.2) is 0 Å². The van der Waals surface area contributed by atoms with Crippen LogP contribution in [0.1, 0.15) is 15.9 Å². The number of nitrogens with one attached hydrogen (secondary N) is 1. The predicted molar refractivity (Wildman–Crippen MR) is 115 cm³/mol. The maximum Gasteiger partial charge on any atom is 0.293 e. The third kappa shape index (κ3) is 5.01. The van der Waals surface area contributed by atoms with Crippen molar-refractivity contribution in [1.82, 2.24) is 9.62 Å². The molecule has 1 saturated heterocycles. The second-order valence-corrected chi connectivity index (χ2v) is 9.26. The molecule has 31 heavy (non-hydrogen) atoms. The molecule has 0 bridgehead atoms. The zero-order chi connectivity index (χ0) is 22.6. The van der Waals surface area contributed by atoms with Crippen molar-refractivity contribution in [3.8, 4) is 0 Å². The Labute approximate surface area is 180 Å². The summed E-state index contributed by atoms with van der Waals surface area (Å²) >= 11 is 0. The van der Waals surface area contributed by atoms with Gasteiger partial charge in [0.1, 0.15) is 5.69 Å². The molecule has 11 heteroatoms. The molecule has 1 fully saturated rings. The number of benzene rings is 2. The molecule has 0 radical (unpaired) electrons. The third-order valence-corrected chi connectivity index (χ3v) is 6.87. The van der Waals surface area contributed by atoms with Gasteiger partial charge in [-0.3, -0.25) is 14.9 Å². The molecule has 2 aromatic carbocycles. The maximum absolute atomic E-state index is 12.6. The molecule has 0 aliphatic carbocycles. The fraction of sp³-hybridized carbons (Fsp3) is 0.350. The lowest BCUT2D eigenvalue weighted by atomic mass is 10.1. The van der Waals surface area contributed by atoms with Crippen molar-refractivity contribution in [3.05, 3.63) is 63.7 Å². The topological polar surface area (TPSA) is 122 Å². The van der Waals surface area contributed by atoms with Crippen molar-refractivity contribution in [1.29, 1.82) is 0 Å². The molecule has 1 heterocycles. The van der Waals surface area contributed by atoms with Crippen molar-refractivity contribution >= 4 is 27.3 Å². The third-order valence-electron chi connectivity index (χ3n) is 4.96. The first kappa shape index (κ1) is 22.7. The van der Waals surface area contributed by atoms with Crippen LogP contribution in [0.3, 0.4) is 0 Å². The number of sulfonamides is 1. The average molecular weight is 449 g/mol. The summed E-state index contributed by atoms with van der Waals surface area (Å²) in [7, 11) is -0.818. The average Bonchev–Trinajstić information content (AvgIpc) is 2.77. The Kier molecular flexibility index (Phi) is 6.88. The summed E-state index contributed by atoms with van der Waals surface area (Å²) in [5, 5.41) is 14.2. The van der Waals surface area contributed by atoms with Crippen molar-refractivity contribution in [2.75, 3.05) is 45.3 Å². The fourth-order valence-corrected chi connectivity index (χ4v) is 4.37. The number of nitro benzene ring substituents is 1. The summed E-state index contributed by atoms with van der Waals surface area (Å²) in [4.78, 5) is 25.7. The molecule has 3 rings (SSSR count). The summed E-state index contributed by atoms with van der Waals surface area (Å²) in [6.45, 7) is 1.98. The van der Waals surface area contributed by atoms with Crippen LogP contribution < -0.4 is 10.2 Å². The number of ether oxygens (including phenoxy) is 1. The standard InChI is InChI=1S/C20H24N4O6S/c1-22(2)31(28,29)19-6-4-3-5-16(19)14-21-20(25)15-7-8-17(18(13-15)24(26)27)23-9-11-30-12-10-23/h3-8,13H,9-12,14H2,1-2H3,(H,21,25). The fourth-order valence-electron chi connectivity index (χ4n) is 3.26. The quantitative estimate of drug-likeness (QED) is 0.504. The molecular weight excluding hydrogens is 424 g/mol. The highest BCUT2D eigenvalue weighted by atomic mass is 32.2. The van der Waals surface area contributed by atoms with Gasteiger partial charge in [0.2, 0.25) is 10.0 Å². The van der Waals surface area contributed by atoms with Crippen LogP contribution in [0, 0.1) is 10.1 Å². The Morgan fingerprint density at radius 2 is 1.87 bits per heavy atom. The van der Waals surface area contributed by atoms with E-state index in [1.165, 1.54) is 32.3 Å². The number of carbonyl (C=O) groups is 1. The Balaban J connectivity index is 1.81. The SMILES string of the molecule is CN(C)S(=O)(=O)c1ccccc1CNC(=O)c1ccc(N2CCOCC2)c([N+](=O)[O-])c1. The molecule has 0 saturated carbocycles. The minimum Gasteiger partial charge on any atom is -0.378 e. The summed E-state index contributed by atoms with van der Waals surface area (Å²) in [6, 6.07) is 10.7. The summed E-state index contributed by atoms with van der Waals surface area (Å²) < 4.78 is 31.4. The van der Waals surface area contributed by atoms with E-state index in [1.807, 2.05) is 4.90 Å². The van der Waals surface area contributed by atoms with E-state index in [4.69, 9.17) is 4.74 Å². The van der Waals surface area contributed by atoms with E-state index in [1.54, 1.807) is 24.3 Å². The van der Waals surface area contributed by atoms with Crippen molar-refractivity contribution in [3.63, 3.8) is 0 Å². The molecule has 0 spiro atoms. The molecule has 0 unspecified atom stereocenters. The number of amides is 1. The van der Waals surface area contributed by atoms with E-state index in [9.17, 15) is 23.3 Å². The highest BCUT2D eigenvalue weighted by Gasteiger charge is 2.24. The van der Waals surface area contributed by atoms with Gasteiger partial charge in [-0.25, -0.2) is 12.7 Å². The van der Waals surface area contributed by atoms with Gasteiger partial charge >= 0.3 is 0 Å². The molecule has 2 aromatic rings. The number of morpholine rings is 1. The normalized spacial score (nSPS) is 14.5. The van der Waals surface area contributed by atoms with Crippen LogP contribution in [0.4, 0.5) is 11.4 Å². The van der Waals surface area contributed by atoms with Crippen molar-refractivity contribution in [2.24, 2.45) is 0 Å². The van der Waals surface area contributed by atoms with Gasteiger partial charge in [0, 0.05) is 45.4 Å². The molecule has 0 aromatic heterocycles. The van der Waals surface area contributed by atoms with Gasteiger partial charge in [-0.05, 0) is 23.8 Å². The maximum atomic E-state index is 12.6. The predicted octanol–water partition coefficient (Wildman–Crippen LogP) is 1.61. The molecule has 1 amide bonds. The number of hydrogen-bond acceptors (Lipinski definition) is 7. The van der Waals surface area contributed by atoms with Gasteiger partial charge in [0.25, 0.3) is 11.6 Å². The first-order chi connectivity index (χ1) is 14.7. The van der Waals surface area contributed by atoms with Crippen LogP contribution in [0.15, 0.2) is 47.4 Å². The van der Waals surface area contributed by atoms with Crippen LogP contribution in [0.2, 0.25) is 0 Å². The largest absolute Gasteiger partial charge is 0.378 e. The summed E-state index contributed by atoms with van der Waals surface area (Å²) in [5.74, 6) is -0.534. The molecule has 1 aliphatic heterocycles. The molecule has 166 valence electrons. The zero-order valence-electron chi connectivity index (χ0n) is 17.3. The first-order valence-corrected chi connectivity index (χ1v) is 11.1. The van der Waals surface area contributed by atoms with E-state index in [0.717, 1.165) is 4.31 Å². The lowest BCUT2D eigenvalue weighted by Crippen LogP contribution is -2.36. The van der Waals surface area contributed by atoms with E-state index >= 15 is 0 Å². The summed E-state index contributed by atoms with van der Waals surface area (Å²) in [5.41, 5.74) is 0.818. The number of nitro groups is 1. The second-order valence-electron chi connectivity index (χ2n) is 7.14. The highest BCUT2D eigenvalue weighted by molar-refractivity contribution is 7.89. The van der Waals surface area contributed by atoms with Gasteiger partial charge in [0.05, 0.1) is 23.0 Å². The summed E-state index contributed by atoms with van der Waals surface area (Å²) in [6.07, 6.45) is 0. The van der Waals surface area contributed by atoms with Gasteiger partial charge in [-0.15, -0.1) is 0 Å². The lowest BCUT2D eigenvalue weighted by molar-refractivity contribution is -0.384. The van der Waals surface area contributed by atoms with Crippen LogP contribution in [0.5, 0.6) is 0 Å². The van der Waals surface area contributed by atoms with E-state index < -0.39 is 20.9 Å². The Morgan fingerprint density at radius 3 is 2.52 bits per heavy atom. The monoisotopic (exact) mass is 448 g/mol. The van der Waals surface area contributed by atoms with Crippen LogP contribution >= 0.6 is 0 Å². The Bertz CT molecular complexity index is 1080. The van der Waals surface area contributed by atoms with Crippen molar-refractivity contribution in [2.45, 2.75) is 11.4 Å². The van der Waals surface area contributed by atoms with E-state index in [2.05, 4.69) is 5.32 Å². The van der Waals surface area contributed by atoms with Crippen LogP contribution in [-0.2, 0) is 21.3 Å². The molecule has 1 aliphatic rings. The molecular formula is C20H24N4O6S. The van der Waals surface area contributed by atoms with Gasteiger partial charge in [-0.1, -0.05) is 18.2 Å². The Hall–Kier alpha value is -3.02. The molecule has 10 nitrogen and oxygen atoms in total.